The number of aromatic hydroxyl groups is 1. The van der Waals surface area contributed by atoms with E-state index in [0.29, 0.717) is 18.5 Å². The fraction of sp³-hybridized carbons (Fsp3) is 0.136. The lowest BCUT2D eigenvalue weighted by Crippen LogP contribution is -2.24. The molecule has 0 aliphatic carbocycles. The largest absolute Gasteiger partial charge is 0.507 e. The fourth-order valence-corrected chi connectivity index (χ4v) is 2.54. The highest BCUT2D eigenvalue weighted by Gasteiger charge is 2.04. The Bertz CT molecular complexity index is 955. The predicted octanol–water partition coefficient (Wildman–Crippen LogP) is 4.21. The molecular formula is C22H19NO3. The zero-order valence-corrected chi connectivity index (χ0v) is 14.2. The Morgan fingerprint density at radius 3 is 2.62 bits per heavy atom. The minimum atomic E-state index is -0.469. The van der Waals surface area contributed by atoms with Gasteiger partial charge < -0.3 is 15.2 Å². The predicted molar refractivity (Wildman–Crippen MR) is 102 cm³/mol. The second-order valence-corrected chi connectivity index (χ2v) is 5.72. The van der Waals surface area contributed by atoms with E-state index in [0.717, 1.165) is 16.3 Å². The van der Waals surface area contributed by atoms with E-state index in [9.17, 15) is 9.90 Å². The number of ether oxygens (including phenoxy) is 1. The zero-order valence-electron chi connectivity index (χ0n) is 14.2. The van der Waals surface area contributed by atoms with Crippen molar-refractivity contribution in [1.82, 2.24) is 5.32 Å². The van der Waals surface area contributed by atoms with Crippen LogP contribution in [0, 0.1) is 11.8 Å². The van der Waals surface area contributed by atoms with E-state index in [1.165, 1.54) is 0 Å². The Morgan fingerprint density at radius 1 is 1.00 bits per heavy atom. The van der Waals surface area contributed by atoms with Crippen LogP contribution >= 0.6 is 0 Å². The van der Waals surface area contributed by atoms with Gasteiger partial charge in [0.05, 0.1) is 5.56 Å². The van der Waals surface area contributed by atoms with Crippen molar-refractivity contribution in [2.75, 3.05) is 6.54 Å². The highest BCUT2D eigenvalue weighted by atomic mass is 16.5. The number of benzene rings is 3. The molecule has 0 unspecified atom stereocenters. The van der Waals surface area contributed by atoms with Crippen LogP contribution in [0.15, 0.2) is 66.7 Å². The van der Waals surface area contributed by atoms with Crippen LogP contribution in [0.2, 0.25) is 0 Å². The summed E-state index contributed by atoms with van der Waals surface area (Å²) >= 11 is 0. The van der Waals surface area contributed by atoms with Crippen LogP contribution in [0.1, 0.15) is 17.5 Å². The van der Waals surface area contributed by atoms with Crippen LogP contribution in [0.5, 0.6) is 5.75 Å². The lowest BCUT2D eigenvalue weighted by atomic mass is 10.0. The molecule has 4 nitrogen and oxygen atoms in total. The van der Waals surface area contributed by atoms with Crippen molar-refractivity contribution in [1.29, 1.82) is 0 Å². The van der Waals surface area contributed by atoms with Gasteiger partial charge in [-0.05, 0) is 17.0 Å². The first-order chi connectivity index (χ1) is 12.7. The van der Waals surface area contributed by atoms with E-state index in [2.05, 4.69) is 17.2 Å². The number of rotatable bonds is 4. The summed E-state index contributed by atoms with van der Waals surface area (Å²) in [6.07, 6.45) is -0.00743. The Hall–Kier alpha value is -3.45. The summed E-state index contributed by atoms with van der Waals surface area (Å²) in [5.41, 5.74) is 1.55. The van der Waals surface area contributed by atoms with Crippen molar-refractivity contribution < 1.29 is 14.6 Å². The van der Waals surface area contributed by atoms with Gasteiger partial charge >= 0.3 is 6.09 Å². The van der Waals surface area contributed by atoms with Gasteiger partial charge in [-0.1, -0.05) is 72.5 Å². The maximum absolute atomic E-state index is 11.7. The molecule has 3 rings (SSSR count). The van der Waals surface area contributed by atoms with E-state index in [1.807, 2.05) is 60.7 Å². The van der Waals surface area contributed by atoms with Crippen molar-refractivity contribution in [3.05, 3.63) is 77.9 Å². The highest BCUT2D eigenvalue weighted by molar-refractivity contribution is 5.90. The number of hydrogen-bond donors (Lipinski definition) is 2. The average molecular weight is 345 g/mol. The molecule has 0 atom stereocenters. The maximum Gasteiger partial charge on any atom is 0.407 e. The molecule has 0 aliphatic rings. The molecule has 2 N–H and O–H groups in total. The Balaban J connectivity index is 1.50. The molecular weight excluding hydrogens is 326 g/mol. The SMILES string of the molecule is O=C(NCCC#Cc1c(O)ccc2ccccc12)OCc1ccccc1. The van der Waals surface area contributed by atoms with E-state index in [4.69, 9.17) is 4.74 Å². The summed E-state index contributed by atoms with van der Waals surface area (Å²) in [6, 6.07) is 20.8. The summed E-state index contributed by atoms with van der Waals surface area (Å²) < 4.78 is 5.13. The van der Waals surface area contributed by atoms with Crippen molar-refractivity contribution in [3.8, 4) is 17.6 Å². The third kappa shape index (κ3) is 4.55. The number of phenolic OH excluding ortho intramolecular Hbond substituents is 1. The van der Waals surface area contributed by atoms with Crippen LogP contribution in [0.3, 0.4) is 0 Å². The molecule has 26 heavy (non-hydrogen) atoms. The summed E-state index contributed by atoms with van der Waals surface area (Å²) in [7, 11) is 0. The molecule has 3 aromatic rings. The van der Waals surface area contributed by atoms with Crippen LogP contribution in [-0.4, -0.2) is 17.7 Å². The lowest BCUT2D eigenvalue weighted by molar-refractivity contribution is 0.140. The van der Waals surface area contributed by atoms with E-state index >= 15 is 0 Å². The molecule has 0 bridgehead atoms. The number of carbonyl (C=O) groups excluding carboxylic acids is 1. The molecule has 130 valence electrons. The van der Waals surface area contributed by atoms with Crippen molar-refractivity contribution in [3.63, 3.8) is 0 Å². The van der Waals surface area contributed by atoms with Gasteiger partial charge in [0.1, 0.15) is 12.4 Å². The minimum absolute atomic E-state index is 0.159. The van der Waals surface area contributed by atoms with Crippen molar-refractivity contribution >= 4 is 16.9 Å². The standard InChI is InChI=1S/C22H19NO3/c24-21-14-13-18-10-4-5-11-19(18)20(21)12-6-7-15-23-22(25)26-16-17-8-2-1-3-9-17/h1-5,8-11,13-14,24H,7,15-16H2,(H,23,25). The zero-order chi connectivity index (χ0) is 18.2. The van der Waals surface area contributed by atoms with Gasteiger partial charge in [-0.25, -0.2) is 4.79 Å². The van der Waals surface area contributed by atoms with Crippen LogP contribution in [-0.2, 0) is 11.3 Å². The molecule has 3 aromatic carbocycles. The molecule has 0 saturated heterocycles. The smallest absolute Gasteiger partial charge is 0.407 e. The average Bonchev–Trinajstić information content (AvgIpc) is 2.68. The van der Waals surface area contributed by atoms with Gasteiger partial charge in [-0.3, -0.25) is 0 Å². The van der Waals surface area contributed by atoms with E-state index in [-0.39, 0.29) is 12.4 Å². The molecule has 0 radical (unpaired) electrons. The number of alkyl carbamates (subject to hydrolysis) is 1. The molecule has 1 amide bonds. The molecule has 0 heterocycles. The van der Waals surface area contributed by atoms with Crippen molar-refractivity contribution in [2.45, 2.75) is 13.0 Å². The van der Waals surface area contributed by atoms with E-state index < -0.39 is 6.09 Å². The summed E-state index contributed by atoms with van der Waals surface area (Å²) in [5, 5.41) is 14.6. The second-order valence-electron chi connectivity index (χ2n) is 5.72. The van der Waals surface area contributed by atoms with Gasteiger partial charge in [0.2, 0.25) is 0 Å². The Labute approximate surface area is 152 Å². The van der Waals surface area contributed by atoms with Crippen LogP contribution < -0.4 is 5.32 Å². The minimum Gasteiger partial charge on any atom is -0.507 e. The number of phenols is 1. The number of nitrogens with one attached hydrogen (secondary N) is 1. The summed E-state index contributed by atoms with van der Waals surface area (Å²) in [4.78, 5) is 11.7. The molecule has 0 saturated carbocycles. The number of fused-ring (bicyclic) bond motifs is 1. The van der Waals surface area contributed by atoms with Gasteiger partial charge in [-0.2, -0.15) is 0 Å². The maximum atomic E-state index is 11.7. The number of amides is 1. The molecule has 0 aliphatic heterocycles. The number of hydrogen-bond acceptors (Lipinski definition) is 3. The lowest BCUT2D eigenvalue weighted by Gasteiger charge is -2.05. The van der Waals surface area contributed by atoms with Gasteiger partial charge in [-0.15, -0.1) is 0 Å². The normalized spacial score (nSPS) is 10.0. The van der Waals surface area contributed by atoms with Crippen LogP contribution in [0.25, 0.3) is 10.8 Å². The molecule has 0 aromatic heterocycles. The first kappa shape index (κ1) is 17.4. The van der Waals surface area contributed by atoms with Crippen LogP contribution in [0.4, 0.5) is 4.79 Å². The quantitative estimate of drug-likeness (QED) is 0.550. The van der Waals surface area contributed by atoms with Gasteiger partial charge in [0.15, 0.2) is 0 Å². The van der Waals surface area contributed by atoms with Gasteiger partial charge in [0, 0.05) is 18.4 Å². The first-order valence-electron chi connectivity index (χ1n) is 8.38. The third-order valence-electron chi connectivity index (χ3n) is 3.85. The number of carbonyl (C=O) groups is 1. The molecule has 0 fully saturated rings. The first-order valence-corrected chi connectivity index (χ1v) is 8.38. The second kappa shape index (κ2) is 8.59. The Morgan fingerprint density at radius 2 is 1.77 bits per heavy atom. The third-order valence-corrected chi connectivity index (χ3v) is 3.85. The highest BCUT2D eigenvalue weighted by Crippen LogP contribution is 2.25. The molecule has 0 spiro atoms. The summed E-state index contributed by atoms with van der Waals surface area (Å²) in [5.74, 6) is 6.14. The van der Waals surface area contributed by atoms with E-state index in [1.54, 1.807) is 6.07 Å². The topological polar surface area (TPSA) is 58.6 Å². The monoisotopic (exact) mass is 345 g/mol. The Kier molecular flexibility index (Phi) is 5.74. The van der Waals surface area contributed by atoms with Gasteiger partial charge in [0.25, 0.3) is 0 Å². The summed E-state index contributed by atoms with van der Waals surface area (Å²) in [6.45, 7) is 0.619. The fourth-order valence-electron chi connectivity index (χ4n) is 2.54. The molecule has 4 heteroatoms. The van der Waals surface area contributed by atoms with Crippen molar-refractivity contribution in [2.24, 2.45) is 0 Å².